The molecule has 3 heterocycles. The van der Waals surface area contributed by atoms with E-state index in [1.54, 1.807) is 0 Å². The lowest BCUT2D eigenvalue weighted by Crippen LogP contribution is -2.41. The average molecular weight is 281 g/mol. The third-order valence-electron chi connectivity index (χ3n) is 4.10. The van der Waals surface area contributed by atoms with Crippen LogP contribution in [0.5, 0.6) is 0 Å². The Balaban J connectivity index is 1.91. The number of hydrogen-bond donors (Lipinski definition) is 2. The smallest absolute Gasteiger partial charge is 0.330 e. The first-order valence-corrected chi connectivity index (χ1v) is 7.01. The molecule has 0 saturated carbocycles. The molecular formula is C13H19N3O4. The molecular weight excluding hydrogens is 262 g/mol. The Morgan fingerprint density at radius 2 is 2.10 bits per heavy atom. The van der Waals surface area contributed by atoms with Crippen LogP contribution in [0.25, 0.3) is 0 Å². The van der Waals surface area contributed by atoms with E-state index in [-0.39, 0.29) is 18.8 Å². The highest BCUT2D eigenvalue weighted by Gasteiger charge is 2.40. The van der Waals surface area contributed by atoms with Gasteiger partial charge in [0.05, 0.1) is 18.8 Å². The molecule has 2 aliphatic heterocycles. The van der Waals surface area contributed by atoms with Gasteiger partial charge < -0.3 is 9.84 Å². The van der Waals surface area contributed by atoms with Gasteiger partial charge in [-0.3, -0.25) is 19.2 Å². The lowest BCUT2D eigenvalue weighted by molar-refractivity contribution is -0.0413. The van der Waals surface area contributed by atoms with Gasteiger partial charge >= 0.3 is 5.69 Å². The minimum atomic E-state index is -0.467. The normalized spacial score (nSPS) is 30.9. The summed E-state index contributed by atoms with van der Waals surface area (Å²) in [7, 11) is 0. The standard InChI is InChI=1S/C13H19N3O4/c17-8-9-7-10(15-4-1-2-5-15)12(20-9)16-6-3-11(18)14-13(16)19/h3,6,9-10,12,17H,1-2,4-5,7-8H2,(H,14,18,19). The Labute approximate surface area is 115 Å². The molecule has 3 rings (SSSR count). The van der Waals surface area contributed by atoms with Crippen LogP contribution in [-0.4, -0.2) is 51.4 Å². The van der Waals surface area contributed by atoms with Crippen molar-refractivity contribution in [3.63, 3.8) is 0 Å². The van der Waals surface area contributed by atoms with E-state index in [9.17, 15) is 14.7 Å². The van der Waals surface area contributed by atoms with Crippen LogP contribution in [0, 0.1) is 0 Å². The summed E-state index contributed by atoms with van der Waals surface area (Å²) in [6.07, 6.45) is 3.75. The van der Waals surface area contributed by atoms with Gasteiger partial charge in [-0.25, -0.2) is 4.79 Å². The van der Waals surface area contributed by atoms with Gasteiger partial charge in [0.15, 0.2) is 6.23 Å². The maximum Gasteiger partial charge on any atom is 0.330 e. The molecule has 2 aliphatic rings. The van der Waals surface area contributed by atoms with Crippen LogP contribution in [0.2, 0.25) is 0 Å². The van der Waals surface area contributed by atoms with E-state index in [2.05, 4.69) is 9.88 Å². The van der Waals surface area contributed by atoms with Crippen LogP contribution in [0.3, 0.4) is 0 Å². The molecule has 0 amide bonds. The second-order valence-electron chi connectivity index (χ2n) is 5.39. The van der Waals surface area contributed by atoms with Gasteiger partial charge in [0.25, 0.3) is 5.56 Å². The zero-order valence-corrected chi connectivity index (χ0v) is 11.2. The average Bonchev–Trinajstić information content (AvgIpc) is 3.07. The first kappa shape index (κ1) is 13.5. The number of nitrogens with one attached hydrogen (secondary N) is 1. The van der Waals surface area contributed by atoms with Crippen LogP contribution in [0.15, 0.2) is 21.9 Å². The zero-order chi connectivity index (χ0) is 14.1. The fraction of sp³-hybridized carbons (Fsp3) is 0.692. The first-order valence-electron chi connectivity index (χ1n) is 7.01. The fourth-order valence-electron chi connectivity index (χ4n) is 3.13. The predicted molar refractivity (Wildman–Crippen MR) is 71.5 cm³/mol. The van der Waals surface area contributed by atoms with Crippen molar-refractivity contribution in [3.8, 4) is 0 Å². The summed E-state index contributed by atoms with van der Waals surface area (Å²) < 4.78 is 7.21. The third-order valence-corrected chi connectivity index (χ3v) is 4.10. The molecule has 20 heavy (non-hydrogen) atoms. The third kappa shape index (κ3) is 2.44. The Morgan fingerprint density at radius 3 is 2.75 bits per heavy atom. The van der Waals surface area contributed by atoms with Crippen molar-refractivity contribution in [2.75, 3.05) is 19.7 Å². The maximum absolute atomic E-state index is 11.9. The first-order chi connectivity index (χ1) is 9.69. The molecule has 2 N–H and O–H groups in total. The number of ether oxygens (including phenoxy) is 1. The molecule has 110 valence electrons. The Bertz CT molecular complexity index is 575. The minimum Gasteiger partial charge on any atom is -0.394 e. The minimum absolute atomic E-state index is 0.0566. The van der Waals surface area contributed by atoms with Crippen molar-refractivity contribution in [1.29, 1.82) is 0 Å². The monoisotopic (exact) mass is 281 g/mol. The summed E-state index contributed by atoms with van der Waals surface area (Å²) in [5, 5.41) is 9.32. The van der Waals surface area contributed by atoms with Crippen molar-refractivity contribution in [3.05, 3.63) is 33.1 Å². The summed E-state index contributed by atoms with van der Waals surface area (Å²) in [5.41, 5.74) is -0.883. The van der Waals surface area contributed by atoms with Crippen LogP contribution in [-0.2, 0) is 4.74 Å². The number of nitrogens with zero attached hydrogens (tertiary/aromatic N) is 2. The van der Waals surface area contributed by atoms with Crippen molar-refractivity contribution in [2.45, 2.75) is 37.6 Å². The Kier molecular flexibility index (Phi) is 3.73. The van der Waals surface area contributed by atoms with Crippen LogP contribution >= 0.6 is 0 Å². The Hall–Kier alpha value is -1.44. The second-order valence-corrected chi connectivity index (χ2v) is 5.39. The van der Waals surface area contributed by atoms with E-state index in [0.29, 0.717) is 6.42 Å². The van der Waals surface area contributed by atoms with Crippen molar-refractivity contribution < 1.29 is 9.84 Å². The topological polar surface area (TPSA) is 87.6 Å². The SMILES string of the molecule is O=c1ccn(C2OC(CO)CC2N2CCCC2)c(=O)[nH]1. The number of rotatable bonds is 3. The molecule has 1 aromatic heterocycles. The largest absolute Gasteiger partial charge is 0.394 e. The number of likely N-dealkylation sites (tertiary alicyclic amines) is 1. The number of H-pyrrole nitrogens is 1. The molecule has 0 aromatic carbocycles. The quantitative estimate of drug-likeness (QED) is 0.763. The highest BCUT2D eigenvalue weighted by Crippen LogP contribution is 2.33. The van der Waals surface area contributed by atoms with Crippen molar-refractivity contribution >= 4 is 0 Å². The van der Waals surface area contributed by atoms with Crippen LogP contribution < -0.4 is 11.2 Å². The van der Waals surface area contributed by atoms with E-state index >= 15 is 0 Å². The molecule has 7 nitrogen and oxygen atoms in total. The summed E-state index contributed by atoms with van der Waals surface area (Å²) in [5.74, 6) is 0. The van der Waals surface area contributed by atoms with E-state index in [1.165, 1.54) is 16.8 Å². The van der Waals surface area contributed by atoms with Crippen LogP contribution in [0.1, 0.15) is 25.5 Å². The fourth-order valence-corrected chi connectivity index (χ4v) is 3.13. The molecule has 2 saturated heterocycles. The van der Waals surface area contributed by atoms with Crippen molar-refractivity contribution in [2.24, 2.45) is 0 Å². The summed E-state index contributed by atoms with van der Waals surface area (Å²) in [4.78, 5) is 27.6. The number of aliphatic hydroxyl groups excluding tert-OH is 1. The predicted octanol–water partition coefficient (Wildman–Crippen LogP) is -0.719. The highest BCUT2D eigenvalue weighted by atomic mass is 16.5. The summed E-state index contributed by atoms with van der Waals surface area (Å²) >= 11 is 0. The van der Waals surface area contributed by atoms with Gasteiger partial charge in [-0.05, 0) is 32.4 Å². The van der Waals surface area contributed by atoms with Gasteiger partial charge in [-0.2, -0.15) is 0 Å². The van der Waals surface area contributed by atoms with Gasteiger partial charge in [0.1, 0.15) is 0 Å². The second kappa shape index (κ2) is 5.51. The van der Waals surface area contributed by atoms with E-state index in [0.717, 1.165) is 25.9 Å². The summed E-state index contributed by atoms with van der Waals surface area (Å²) in [6.45, 7) is 1.92. The molecule has 7 heteroatoms. The van der Waals surface area contributed by atoms with Crippen LogP contribution in [0.4, 0.5) is 0 Å². The molecule has 2 fully saturated rings. The molecule has 3 unspecified atom stereocenters. The van der Waals surface area contributed by atoms with Gasteiger partial charge in [-0.1, -0.05) is 0 Å². The van der Waals surface area contributed by atoms with Gasteiger partial charge in [-0.15, -0.1) is 0 Å². The number of hydrogen-bond acceptors (Lipinski definition) is 5. The lowest BCUT2D eigenvalue weighted by Gasteiger charge is -2.28. The van der Waals surface area contributed by atoms with E-state index in [1.807, 2.05) is 0 Å². The lowest BCUT2D eigenvalue weighted by atomic mass is 10.1. The van der Waals surface area contributed by atoms with Gasteiger partial charge in [0, 0.05) is 12.3 Å². The molecule has 0 aliphatic carbocycles. The zero-order valence-electron chi connectivity index (χ0n) is 11.2. The maximum atomic E-state index is 11.9. The molecule has 0 bridgehead atoms. The highest BCUT2D eigenvalue weighted by molar-refractivity contribution is 4.93. The summed E-state index contributed by atoms with van der Waals surface area (Å²) in [6, 6.07) is 1.39. The van der Waals surface area contributed by atoms with Crippen molar-refractivity contribution in [1.82, 2.24) is 14.5 Å². The number of aliphatic hydroxyl groups is 1. The molecule has 3 atom stereocenters. The molecule has 0 spiro atoms. The Morgan fingerprint density at radius 1 is 1.35 bits per heavy atom. The van der Waals surface area contributed by atoms with E-state index < -0.39 is 17.5 Å². The molecule has 1 aromatic rings. The van der Waals surface area contributed by atoms with E-state index in [4.69, 9.17) is 4.74 Å². The molecule has 0 radical (unpaired) electrons. The van der Waals surface area contributed by atoms with Gasteiger partial charge in [0.2, 0.25) is 0 Å². The number of aromatic nitrogens is 2. The number of aromatic amines is 1.